The average Bonchev–Trinajstić information content (AvgIpc) is 3.21. The maximum atomic E-state index is 12.2. The Morgan fingerprint density at radius 2 is 1.61 bits per heavy atom. The van der Waals surface area contributed by atoms with Gasteiger partial charge in [0.15, 0.2) is 0 Å². The zero-order valence-corrected chi connectivity index (χ0v) is 19.4. The number of nitrogens with zero attached hydrogens (tertiary/aromatic N) is 3. The monoisotopic (exact) mass is 433 g/mol. The molecule has 1 unspecified atom stereocenters. The standard InChI is InChI=1S/C29H27N3O/c1-19-8-10-22(11-9-19)26-18-32(21(3)27-7-5-6-14-30-27)28-16-23(12-13-25(26)28)24-15-20(2)29(33)31(4)17-24/h5-18,21H,1-4H3. The lowest BCUT2D eigenvalue weighted by atomic mass is 10.0. The largest absolute Gasteiger partial charge is 0.338 e. The van der Waals surface area contributed by atoms with Crippen molar-refractivity contribution < 1.29 is 0 Å². The van der Waals surface area contributed by atoms with Gasteiger partial charge in [0.2, 0.25) is 0 Å². The van der Waals surface area contributed by atoms with Gasteiger partial charge in [0, 0.05) is 47.7 Å². The van der Waals surface area contributed by atoms with Crippen LogP contribution in [0.25, 0.3) is 33.2 Å². The third kappa shape index (κ3) is 3.78. The number of fused-ring (bicyclic) bond motifs is 1. The topological polar surface area (TPSA) is 39.8 Å². The average molecular weight is 434 g/mol. The van der Waals surface area contributed by atoms with E-state index in [-0.39, 0.29) is 11.6 Å². The third-order valence-electron chi connectivity index (χ3n) is 6.43. The minimum atomic E-state index is 0.0358. The van der Waals surface area contributed by atoms with Gasteiger partial charge in [-0.3, -0.25) is 9.78 Å². The van der Waals surface area contributed by atoms with Gasteiger partial charge in [0.1, 0.15) is 0 Å². The van der Waals surface area contributed by atoms with Crippen molar-refractivity contribution in [3.8, 4) is 22.3 Å². The van der Waals surface area contributed by atoms with Gasteiger partial charge in [-0.25, -0.2) is 0 Å². The molecule has 0 aliphatic carbocycles. The van der Waals surface area contributed by atoms with E-state index < -0.39 is 0 Å². The molecule has 33 heavy (non-hydrogen) atoms. The minimum Gasteiger partial charge on any atom is -0.338 e. The number of rotatable bonds is 4. The molecule has 0 saturated carbocycles. The first-order valence-corrected chi connectivity index (χ1v) is 11.2. The fraction of sp³-hybridized carbons (Fsp3) is 0.172. The molecule has 0 N–H and O–H groups in total. The molecule has 0 aliphatic rings. The Balaban J connectivity index is 1.74. The van der Waals surface area contributed by atoms with Crippen LogP contribution in [0.3, 0.4) is 0 Å². The minimum absolute atomic E-state index is 0.0358. The summed E-state index contributed by atoms with van der Waals surface area (Å²) < 4.78 is 3.97. The van der Waals surface area contributed by atoms with Crippen LogP contribution in [0.2, 0.25) is 0 Å². The van der Waals surface area contributed by atoms with Gasteiger partial charge in [0.25, 0.3) is 5.56 Å². The van der Waals surface area contributed by atoms with Gasteiger partial charge in [-0.1, -0.05) is 48.0 Å². The summed E-state index contributed by atoms with van der Waals surface area (Å²) in [6, 6.07) is 23.3. The Bertz CT molecular complexity index is 1480. The highest BCUT2D eigenvalue weighted by Gasteiger charge is 2.17. The number of hydrogen-bond acceptors (Lipinski definition) is 2. The highest BCUT2D eigenvalue weighted by atomic mass is 16.1. The summed E-state index contributed by atoms with van der Waals surface area (Å²) in [7, 11) is 1.80. The van der Waals surface area contributed by atoms with Gasteiger partial charge in [-0.05, 0) is 61.7 Å². The van der Waals surface area contributed by atoms with E-state index in [0.29, 0.717) is 0 Å². The third-order valence-corrected chi connectivity index (χ3v) is 6.43. The molecule has 0 amide bonds. The zero-order valence-electron chi connectivity index (χ0n) is 19.4. The van der Waals surface area contributed by atoms with Crippen LogP contribution < -0.4 is 5.56 Å². The predicted octanol–water partition coefficient (Wildman–Crippen LogP) is 6.30. The number of hydrogen-bond donors (Lipinski definition) is 0. The maximum Gasteiger partial charge on any atom is 0.253 e. The smallest absolute Gasteiger partial charge is 0.253 e. The molecule has 0 bridgehead atoms. The molecule has 0 aliphatic heterocycles. The summed E-state index contributed by atoms with van der Waals surface area (Å²) in [6.45, 7) is 6.16. The van der Waals surface area contributed by atoms with E-state index in [0.717, 1.165) is 27.9 Å². The molecule has 1 atom stereocenters. The van der Waals surface area contributed by atoms with Crippen molar-refractivity contribution in [2.24, 2.45) is 7.05 Å². The Hall–Kier alpha value is -3.92. The lowest BCUT2D eigenvalue weighted by Crippen LogP contribution is -2.18. The van der Waals surface area contributed by atoms with Crippen LogP contribution in [0.5, 0.6) is 0 Å². The van der Waals surface area contributed by atoms with Gasteiger partial charge in [-0.15, -0.1) is 0 Å². The van der Waals surface area contributed by atoms with Gasteiger partial charge in [-0.2, -0.15) is 0 Å². The van der Waals surface area contributed by atoms with E-state index >= 15 is 0 Å². The summed E-state index contributed by atoms with van der Waals surface area (Å²) in [5, 5.41) is 1.20. The zero-order chi connectivity index (χ0) is 23.1. The van der Waals surface area contributed by atoms with Crippen molar-refractivity contribution in [1.82, 2.24) is 14.1 Å². The van der Waals surface area contributed by atoms with E-state index in [1.165, 1.54) is 22.1 Å². The number of pyridine rings is 2. The van der Waals surface area contributed by atoms with Crippen LogP contribution in [-0.4, -0.2) is 14.1 Å². The second kappa shape index (κ2) is 8.21. The van der Waals surface area contributed by atoms with E-state index in [1.807, 2.05) is 37.5 Å². The van der Waals surface area contributed by atoms with Crippen molar-refractivity contribution in [2.45, 2.75) is 26.8 Å². The van der Waals surface area contributed by atoms with Crippen LogP contribution in [0.1, 0.15) is 29.8 Å². The Kier molecular flexibility index (Phi) is 5.21. The lowest BCUT2D eigenvalue weighted by Gasteiger charge is -2.15. The maximum absolute atomic E-state index is 12.2. The highest BCUT2D eigenvalue weighted by Crippen LogP contribution is 2.36. The molecule has 164 valence electrons. The number of aromatic nitrogens is 3. The van der Waals surface area contributed by atoms with Crippen LogP contribution in [0.15, 0.2) is 90.1 Å². The number of aryl methyl sites for hydroxylation is 3. The van der Waals surface area contributed by atoms with Crippen LogP contribution >= 0.6 is 0 Å². The fourth-order valence-electron chi connectivity index (χ4n) is 4.52. The Labute approximate surface area is 193 Å². The summed E-state index contributed by atoms with van der Waals surface area (Å²) in [4.78, 5) is 16.8. The van der Waals surface area contributed by atoms with Crippen LogP contribution in [-0.2, 0) is 7.05 Å². The second-order valence-corrected chi connectivity index (χ2v) is 8.81. The lowest BCUT2D eigenvalue weighted by molar-refractivity contribution is 0.644. The summed E-state index contributed by atoms with van der Waals surface area (Å²) in [5.74, 6) is 0. The van der Waals surface area contributed by atoms with Gasteiger partial charge in [0.05, 0.1) is 11.7 Å². The van der Waals surface area contributed by atoms with Crippen LogP contribution in [0.4, 0.5) is 0 Å². The Morgan fingerprint density at radius 3 is 2.30 bits per heavy atom. The molecule has 4 nitrogen and oxygen atoms in total. The molecular weight excluding hydrogens is 406 g/mol. The highest BCUT2D eigenvalue weighted by molar-refractivity contribution is 5.98. The predicted molar refractivity (Wildman–Crippen MR) is 136 cm³/mol. The molecule has 5 rings (SSSR count). The van der Waals surface area contributed by atoms with Crippen molar-refractivity contribution in [3.63, 3.8) is 0 Å². The van der Waals surface area contributed by atoms with E-state index in [4.69, 9.17) is 0 Å². The summed E-state index contributed by atoms with van der Waals surface area (Å²) in [5.41, 5.74) is 8.72. The molecule has 4 heteroatoms. The van der Waals surface area contributed by atoms with Crippen molar-refractivity contribution >= 4 is 10.9 Å². The molecule has 2 aromatic carbocycles. The SMILES string of the molecule is Cc1ccc(-c2cn(C(C)c3ccccn3)c3cc(-c4cc(C)c(=O)n(C)c4)ccc23)cc1. The fourth-order valence-corrected chi connectivity index (χ4v) is 4.52. The molecule has 3 aromatic heterocycles. The normalized spacial score (nSPS) is 12.2. The second-order valence-electron chi connectivity index (χ2n) is 8.81. The first kappa shape index (κ1) is 21.0. The molecular formula is C29H27N3O. The van der Waals surface area contributed by atoms with E-state index in [2.05, 4.69) is 78.1 Å². The Morgan fingerprint density at radius 1 is 0.848 bits per heavy atom. The first-order chi connectivity index (χ1) is 15.9. The first-order valence-electron chi connectivity index (χ1n) is 11.2. The molecule has 0 radical (unpaired) electrons. The van der Waals surface area contributed by atoms with Crippen molar-refractivity contribution in [3.05, 3.63) is 112 Å². The van der Waals surface area contributed by atoms with Crippen molar-refractivity contribution in [2.75, 3.05) is 0 Å². The van der Waals surface area contributed by atoms with Crippen LogP contribution in [0, 0.1) is 13.8 Å². The molecule has 3 heterocycles. The van der Waals surface area contributed by atoms with Gasteiger partial charge < -0.3 is 9.13 Å². The molecule has 0 fully saturated rings. The molecule has 5 aromatic rings. The quantitative estimate of drug-likeness (QED) is 0.334. The van der Waals surface area contributed by atoms with Crippen molar-refractivity contribution in [1.29, 1.82) is 0 Å². The molecule has 0 saturated heterocycles. The van der Waals surface area contributed by atoms with E-state index in [1.54, 1.807) is 11.6 Å². The molecule has 0 spiro atoms. The number of benzene rings is 2. The van der Waals surface area contributed by atoms with E-state index in [9.17, 15) is 4.79 Å². The summed E-state index contributed by atoms with van der Waals surface area (Å²) in [6.07, 6.45) is 5.99. The van der Waals surface area contributed by atoms with Gasteiger partial charge >= 0.3 is 0 Å². The summed E-state index contributed by atoms with van der Waals surface area (Å²) >= 11 is 0.